The molecule has 1 N–H and O–H groups in total. The fourth-order valence-electron chi connectivity index (χ4n) is 5.48. The van der Waals surface area contributed by atoms with Gasteiger partial charge in [-0.15, -0.1) is 0 Å². The van der Waals surface area contributed by atoms with Crippen molar-refractivity contribution in [2.75, 3.05) is 13.3 Å². The Morgan fingerprint density at radius 2 is 1.94 bits per heavy atom. The van der Waals surface area contributed by atoms with Crippen LogP contribution in [0.5, 0.6) is 5.75 Å². The lowest BCUT2D eigenvalue weighted by Crippen LogP contribution is -2.28. The summed E-state index contributed by atoms with van der Waals surface area (Å²) in [7, 11) is -2.38. The molecule has 3 aromatic carbocycles. The van der Waals surface area contributed by atoms with Gasteiger partial charge in [-0.3, -0.25) is 4.79 Å². The summed E-state index contributed by atoms with van der Waals surface area (Å²) in [5.41, 5.74) is 5.38. The van der Waals surface area contributed by atoms with Crippen LogP contribution in [0.3, 0.4) is 0 Å². The summed E-state index contributed by atoms with van der Waals surface area (Å²) < 4.78 is 45.9. The standard InChI is InChI=1S/C27H24F2N3O3P.H2/c1-14-11-16(36(2,3)34)8-9-17(14)15-7-10-19-21(12-15)32-22-13-20(25(32)30-19)31-26(33)18-5-4-6-23(24(18)22)35-27(28)29;/h4-12,20,22,27H,13H2,1-3H3,(H,31,33);1H. The highest BCUT2D eigenvalue weighted by atomic mass is 31.2. The third-order valence-corrected chi connectivity index (χ3v) is 8.63. The fraction of sp³-hybridized carbons (Fsp3) is 0.259. The van der Waals surface area contributed by atoms with E-state index in [1.54, 1.807) is 25.5 Å². The van der Waals surface area contributed by atoms with Crippen molar-refractivity contribution in [3.05, 3.63) is 77.1 Å². The normalized spacial score (nSPS) is 18.7. The second-order valence-corrected chi connectivity index (χ2v) is 13.0. The Hall–Kier alpha value is -3.51. The molecule has 1 aromatic heterocycles. The molecule has 2 bridgehead atoms. The molecule has 0 saturated carbocycles. The first-order chi connectivity index (χ1) is 17.1. The van der Waals surface area contributed by atoms with Gasteiger partial charge in [0.05, 0.1) is 23.1 Å². The Kier molecular flexibility index (Phi) is 5.09. The lowest BCUT2D eigenvalue weighted by atomic mass is 9.97. The van der Waals surface area contributed by atoms with Crippen LogP contribution in [0.2, 0.25) is 0 Å². The number of fused-ring (bicyclic) bond motifs is 9. The minimum atomic E-state index is -3.00. The lowest BCUT2D eigenvalue weighted by Gasteiger charge is -2.21. The van der Waals surface area contributed by atoms with Crippen LogP contribution >= 0.6 is 7.14 Å². The molecule has 6 rings (SSSR count). The summed E-state index contributed by atoms with van der Waals surface area (Å²) in [4.78, 5) is 17.7. The average molecular weight is 509 g/mol. The van der Waals surface area contributed by atoms with Gasteiger partial charge in [0.15, 0.2) is 0 Å². The van der Waals surface area contributed by atoms with Gasteiger partial charge in [-0.2, -0.15) is 8.78 Å². The minimum Gasteiger partial charge on any atom is -0.434 e. The highest BCUT2D eigenvalue weighted by Crippen LogP contribution is 2.48. The van der Waals surface area contributed by atoms with Crippen LogP contribution in [-0.2, 0) is 4.57 Å². The van der Waals surface area contributed by atoms with E-state index in [4.69, 9.17) is 9.72 Å². The zero-order chi connectivity index (χ0) is 25.4. The van der Waals surface area contributed by atoms with Crippen LogP contribution in [0.4, 0.5) is 8.78 Å². The molecule has 3 heterocycles. The van der Waals surface area contributed by atoms with Crippen LogP contribution in [-0.4, -0.2) is 35.4 Å². The molecule has 0 saturated heterocycles. The number of amides is 1. The number of nitrogens with one attached hydrogen (secondary N) is 1. The zero-order valence-electron chi connectivity index (χ0n) is 20.0. The number of nitrogens with zero attached hydrogens (tertiary/aromatic N) is 2. The molecule has 186 valence electrons. The topological polar surface area (TPSA) is 73.2 Å². The number of alkyl halides is 2. The van der Waals surface area contributed by atoms with Crippen molar-refractivity contribution in [2.24, 2.45) is 0 Å². The molecule has 2 aliphatic heterocycles. The fourth-order valence-corrected chi connectivity index (χ4v) is 6.42. The predicted molar refractivity (Wildman–Crippen MR) is 137 cm³/mol. The van der Waals surface area contributed by atoms with Crippen LogP contribution in [0, 0.1) is 6.92 Å². The number of halogens is 2. The molecule has 0 fully saturated rings. The first-order valence-corrected chi connectivity index (χ1v) is 14.3. The summed E-state index contributed by atoms with van der Waals surface area (Å²) in [6.07, 6.45) is 0.501. The van der Waals surface area contributed by atoms with Crippen molar-refractivity contribution in [3.8, 4) is 16.9 Å². The number of hydrogen-bond acceptors (Lipinski definition) is 4. The van der Waals surface area contributed by atoms with Crippen LogP contribution < -0.4 is 15.4 Å². The lowest BCUT2D eigenvalue weighted by molar-refractivity contribution is -0.0507. The van der Waals surface area contributed by atoms with Gasteiger partial charge in [0.2, 0.25) is 0 Å². The summed E-state index contributed by atoms with van der Waals surface area (Å²) in [5.74, 6) is 0.378. The highest BCUT2D eigenvalue weighted by molar-refractivity contribution is 7.70. The van der Waals surface area contributed by atoms with Crippen molar-refractivity contribution in [1.29, 1.82) is 0 Å². The van der Waals surface area contributed by atoms with E-state index < -0.39 is 13.8 Å². The second kappa shape index (κ2) is 8.00. The number of aryl methyl sites for hydroxylation is 1. The number of aromatic nitrogens is 2. The molecule has 0 radical (unpaired) electrons. The number of hydrogen-bond donors (Lipinski definition) is 1. The van der Waals surface area contributed by atoms with Crippen molar-refractivity contribution in [1.82, 2.24) is 14.9 Å². The van der Waals surface area contributed by atoms with Crippen LogP contribution in [0.25, 0.3) is 22.2 Å². The molecule has 2 atom stereocenters. The number of rotatable bonds is 4. The monoisotopic (exact) mass is 509 g/mol. The molecule has 6 nitrogen and oxygen atoms in total. The maximum Gasteiger partial charge on any atom is 0.387 e. The van der Waals surface area contributed by atoms with E-state index in [2.05, 4.69) is 5.32 Å². The van der Waals surface area contributed by atoms with Gasteiger partial charge in [0, 0.05) is 17.9 Å². The largest absolute Gasteiger partial charge is 0.434 e. The Balaban J connectivity index is 0.00000280. The Bertz CT molecular complexity index is 1610. The summed E-state index contributed by atoms with van der Waals surface area (Å²) >= 11 is 0. The molecular formula is C27H26F2N3O3P. The number of carbonyl (C=O) groups excluding carboxylic acids is 1. The number of benzene rings is 3. The average Bonchev–Trinajstić information content (AvgIpc) is 3.30. The molecule has 9 heteroatoms. The first-order valence-electron chi connectivity index (χ1n) is 11.7. The molecule has 2 unspecified atom stereocenters. The zero-order valence-corrected chi connectivity index (χ0v) is 20.9. The first kappa shape index (κ1) is 22.9. The quantitative estimate of drug-likeness (QED) is 0.349. The molecular weight excluding hydrogens is 483 g/mol. The molecule has 2 aliphatic rings. The van der Waals surface area contributed by atoms with Gasteiger partial charge in [0.1, 0.15) is 18.7 Å². The van der Waals surface area contributed by atoms with E-state index >= 15 is 0 Å². The highest BCUT2D eigenvalue weighted by Gasteiger charge is 2.42. The smallest absolute Gasteiger partial charge is 0.387 e. The van der Waals surface area contributed by atoms with E-state index in [1.165, 1.54) is 6.07 Å². The van der Waals surface area contributed by atoms with Gasteiger partial charge in [-0.05, 0) is 73.7 Å². The van der Waals surface area contributed by atoms with E-state index in [0.29, 0.717) is 23.4 Å². The Labute approximate surface area is 208 Å². The van der Waals surface area contributed by atoms with Crippen LogP contribution in [0.15, 0.2) is 54.6 Å². The summed E-state index contributed by atoms with van der Waals surface area (Å²) in [6, 6.07) is 15.8. The van der Waals surface area contributed by atoms with Gasteiger partial charge in [0.25, 0.3) is 5.91 Å². The van der Waals surface area contributed by atoms with Gasteiger partial charge in [-0.1, -0.05) is 24.3 Å². The molecule has 4 aromatic rings. The van der Waals surface area contributed by atoms with Gasteiger partial charge in [-0.25, -0.2) is 4.98 Å². The van der Waals surface area contributed by atoms with E-state index in [-0.39, 0.29) is 25.2 Å². The molecule has 36 heavy (non-hydrogen) atoms. The SMILES string of the molecule is Cc1cc(P(C)(C)=O)ccc1-c1ccc2nc3n(c2c1)C1CC3NC(=O)c2cccc(OC(F)F)c21.[HH]. The summed E-state index contributed by atoms with van der Waals surface area (Å²) in [5, 5.41) is 3.84. The number of carbonyl (C=O) groups is 1. The second-order valence-electron chi connectivity index (χ2n) is 9.77. The maximum absolute atomic E-state index is 13.2. The summed E-state index contributed by atoms with van der Waals surface area (Å²) in [6.45, 7) is 2.51. The minimum absolute atomic E-state index is 0. The maximum atomic E-state index is 13.2. The predicted octanol–water partition coefficient (Wildman–Crippen LogP) is 5.88. The van der Waals surface area contributed by atoms with Crippen molar-refractivity contribution in [2.45, 2.75) is 32.0 Å². The third-order valence-electron chi connectivity index (χ3n) is 7.11. The molecule has 1 amide bonds. The Morgan fingerprint density at radius 3 is 2.67 bits per heavy atom. The van der Waals surface area contributed by atoms with E-state index in [0.717, 1.165) is 33.0 Å². The molecule has 0 aliphatic carbocycles. The van der Waals surface area contributed by atoms with Crippen molar-refractivity contribution >= 4 is 29.4 Å². The van der Waals surface area contributed by atoms with Crippen LogP contribution in [0.1, 0.15) is 47.2 Å². The van der Waals surface area contributed by atoms with Gasteiger partial charge < -0.3 is 19.2 Å². The number of ether oxygens (including phenoxy) is 1. The number of imidazole rings is 1. The van der Waals surface area contributed by atoms with Crippen molar-refractivity contribution in [3.63, 3.8) is 0 Å². The van der Waals surface area contributed by atoms with E-state index in [1.807, 2.05) is 47.9 Å². The van der Waals surface area contributed by atoms with Crippen molar-refractivity contribution < 1.29 is 24.3 Å². The third kappa shape index (κ3) is 3.54. The molecule has 0 spiro atoms. The Morgan fingerprint density at radius 1 is 1.14 bits per heavy atom. The van der Waals surface area contributed by atoms with Gasteiger partial charge >= 0.3 is 6.61 Å². The van der Waals surface area contributed by atoms with E-state index in [9.17, 15) is 18.1 Å².